The maximum atomic E-state index is 11.1. The predicted molar refractivity (Wildman–Crippen MR) is 67.1 cm³/mol. The van der Waals surface area contributed by atoms with Crippen molar-refractivity contribution in [2.75, 3.05) is 14.2 Å². The summed E-state index contributed by atoms with van der Waals surface area (Å²) in [6, 6.07) is 6.51. The molecule has 0 saturated heterocycles. The second-order valence-corrected chi connectivity index (χ2v) is 3.31. The van der Waals surface area contributed by atoms with Gasteiger partial charge in [0.25, 0.3) is 6.47 Å². The first-order chi connectivity index (χ1) is 8.60. The number of benzene rings is 1. The fraction of sp³-hybridized carbons (Fsp3) is 0.167. The smallest absolute Gasteiger partial charge is 0.341 e. The van der Waals surface area contributed by atoms with Gasteiger partial charge in [-0.25, -0.2) is 4.79 Å². The summed E-state index contributed by atoms with van der Waals surface area (Å²) in [4.78, 5) is 20.1. The molecule has 0 spiro atoms. The number of rotatable bonds is 3. The Morgan fingerprint density at radius 2 is 1.78 bits per heavy atom. The van der Waals surface area contributed by atoms with Crippen molar-refractivity contribution < 1.29 is 24.2 Å². The van der Waals surface area contributed by atoms with E-state index in [4.69, 9.17) is 21.5 Å². The Hall–Kier alpha value is -2.01. The average Bonchev–Trinajstić information content (AvgIpc) is 2.41. The first-order valence-corrected chi connectivity index (χ1v) is 5.13. The number of carbonyl (C=O) groups is 2. The molecule has 1 rings (SSSR count). The monoisotopic (exact) mass is 272 g/mol. The number of methoxy groups -OCH3 is 2. The van der Waals surface area contributed by atoms with Gasteiger partial charge in [0.05, 0.1) is 20.5 Å². The largest absolute Gasteiger partial charge is 0.515 e. The van der Waals surface area contributed by atoms with E-state index in [1.54, 1.807) is 24.3 Å². The molecule has 1 N–H and O–H groups in total. The number of esters is 1. The third kappa shape index (κ3) is 5.36. The molecule has 0 bridgehead atoms. The van der Waals surface area contributed by atoms with Gasteiger partial charge in [-0.3, -0.25) is 4.79 Å². The molecule has 0 aliphatic carbocycles. The van der Waals surface area contributed by atoms with E-state index in [2.05, 4.69) is 9.47 Å². The molecular formula is C12H13ClO5. The summed E-state index contributed by atoms with van der Waals surface area (Å²) in [5.41, 5.74) is 0.660. The van der Waals surface area contributed by atoms with E-state index >= 15 is 0 Å². The molecule has 18 heavy (non-hydrogen) atoms. The normalized spacial score (nSPS) is 9.83. The lowest BCUT2D eigenvalue weighted by atomic mass is 10.1. The van der Waals surface area contributed by atoms with Crippen LogP contribution in [0, 0.1) is 0 Å². The Balaban J connectivity index is 0.000000631. The van der Waals surface area contributed by atoms with Gasteiger partial charge in [0.15, 0.2) is 0 Å². The SMILES string of the molecule is COC(=O)C(=CO)c1ccc(Cl)cc1.COC=O. The Morgan fingerprint density at radius 1 is 1.28 bits per heavy atom. The van der Waals surface area contributed by atoms with E-state index in [-0.39, 0.29) is 5.57 Å². The lowest BCUT2D eigenvalue weighted by Crippen LogP contribution is -2.03. The fourth-order valence-electron chi connectivity index (χ4n) is 0.984. The minimum absolute atomic E-state index is 0.101. The highest BCUT2D eigenvalue weighted by atomic mass is 35.5. The minimum atomic E-state index is -0.588. The summed E-state index contributed by atoms with van der Waals surface area (Å²) in [5, 5.41) is 9.42. The van der Waals surface area contributed by atoms with Crippen LogP contribution in [0.25, 0.3) is 5.57 Å². The molecule has 6 heteroatoms. The summed E-state index contributed by atoms with van der Waals surface area (Å²) in [6.45, 7) is 0.375. The van der Waals surface area contributed by atoms with Crippen LogP contribution >= 0.6 is 11.6 Å². The van der Waals surface area contributed by atoms with Crippen molar-refractivity contribution in [3.05, 3.63) is 41.1 Å². The number of aliphatic hydroxyl groups is 1. The summed E-state index contributed by atoms with van der Waals surface area (Å²) in [6.07, 6.45) is 0.717. The number of aliphatic hydroxyl groups excluding tert-OH is 1. The molecule has 1 aromatic rings. The summed E-state index contributed by atoms with van der Waals surface area (Å²) in [7, 11) is 2.56. The zero-order chi connectivity index (χ0) is 14.0. The predicted octanol–water partition coefficient (Wildman–Crippen LogP) is 2.20. The second kappa shape index (κ2) is 9.07. The van der Waals surface area contributed by atoms with E-state index in [1.165, 1.54) is 14.2 Å². The summed E-state index contributed by atoms with van der Waals surface area (Å²) in [5.74, 6) is -0.588. The maximum Gasteiger partial charge on any atom is 0.341 e. The van der Waals surface area contributed by atoms with Crippen LogP contribution in [0.15, 0.2) is 30.5 Å². The first kappa shape index (κ1) is 16.0. The standard InChI is InChI=1S/C10H9ClO3.C2H4O2/c1-14-10(13)9(6-12)7-2-4-8(11)5-3-7;1-4-2-3/h2-6,12H,1H3;2H,1H3. The van der Waals surface area contributed by atoms with Crippen molar-refractivity contribution >= 4 is 29.6 Å². The van der Waals surface area contributed by atoms with Gasteiger partial charge in [-0.2, -0.15) is 0 Å². The van der Waals surface area contributed by atoms with Gasteiger partial charge >= 0.3 is 5.97 Å². The van der Waals surface area contributed by atoms with Crippen LogP contribution in [0.3, 0.4) is 0 Å². The summed E-state index contributed by atoms with van der Waals surface area (Å²) < 4.78 is 8.35. The highest BCUT2D eigenvalue weighted by Crippen LogP contribution is 2.18. The minimum Gasteiger partial charge on any atom is -0.515 e. The van der Waals surface area contributed by atoms with Gasteiger partial charge in [0, 0.05) is 5.02 Å². The number of halogens is 1. The molecule has 0 aliphatic heterocycles. The van der Waals surface area contributed by atoms with Crippen molar-refractivity contribution in [2.45, 2.75) is 0 Å². The van der Waals surface area contributed by atoms with E-state index in [1.807, 2.05) is 0 Å². The molecule has 0 aromatic heterocycles. The molecule has 0 atom stereocenters. The third-order valence-electron chi connectivity index (χ3n) is 1.79. The average molecular weight is 273 g/mol. The van der Waals surface area contributed by atoms with Gasteiger partial charge in [0.2, 0.25) is 0 Å². The van der Waals surface area contributed by atoms with Crippen molar-refractivity contribution in [1.82, 2.24) is 0 Å². The van der Waals surface area contributed by atoms with Gasteiger partial charge in [-0.1, -0.05) is 23.7 Å². The first-order valence-electron chi connectivity index (χ1n) is 4.75. The number of hydrogen-bond donors (Lipinski definition) is 1. The van der Waals surface area contributed by atoms with Crippen molar-refractivity contribution in [1.29, 1.82) is 0 Å². The molecular weight excluding hydrogens is 260 g/mol. The quantitative estimate of drug-likeness (QED) is 0.395. The molecule has 0 amide bonds. The topological polar surface area (TPSA) is 72.8 Å². The fourth-order valence-corrected chi connectivity index (χ4v) is 1.11. The van der Waals surface area contributed by atoms with Crippen LogP contribution in [0.5, 0.6) is 0 Å². The molecule has 0 unspecified atom stereocenters. The lowest BCUT2D eigenvalue weighted by molar-refractivity contribution is -0.133. The third-order valence-corrected chi connectivity index (χ3v) is 2.04. The molecule has 1 aromatic carbocycles. The van der Waals surface area contributed by atoms with Crippen molar-refractivity contribution in [2.24, 2.45) is 0 Å². The zero-order valence-electron chi connectivity index (χ0n) is 9.92. The molecule has 0 radical (unpaired) electrons. The van der Waals surface area contributed by atoms with Crippen LogP contribution in [0.1, 0.15) is 5.56 Å². The van der Waals surface area contributed by atoms with Crippen LogP contribution in [0.4, 0.5) is 0 Å². The molecule has 98 valence electrons. The second-order valence-electron chi connectivity index (χ2n) is 2.87. The Kier molecular flexibility index (Phi) is 8.05. The lowest BCUT2D eigenvalue weighted by Gasteiger charge is -2.03. The van der Waals surface area contributed by atoms with Crippen molar-refractivity contribution in [3.8, 4) is 0 Å². The molecule has 5 nitrogen and oxygen atoms in total. The highest BCUT2D eigenvalue weighted by Gasteiger charge is 2.11. The highest BCUT2D eigenvalue weighted by molar-refractivity contribution is 6.30. The molecule has 0 heterocycles. The number of ether oxygens (including phenoxy) is 2. The van der Waals surface area contributed by atoms with Gasteiger partial charge < -0.3 is 14.6 Å². The van der Waals surface area contributed by atoms with Crippen molar-refractivity contribution in [3.63, 3.8) is 0 Å². The van der Waals surface area contributed by atoms with E-state index in [9.17, 15) is 4.79 Å². The Morgan fingerprint density at radius 3 is 2.11 bits per heavy atom. The van der Waals surface area contributed by atoms with Crippen LogP contribution in [0.2, 0.25) is 5.02 Å². The van der Waals surface area contributed by atoms with Crippen LogP contribution in [-0.2, 0) is 19.1 Å². The Bertz CT molecular complexity index is 411. The maximum absolute atomic E-state index is 11.1. The Labute approximate surface area is 110 Å². The van der Waals surface area contributed by atoms with E-state index < -0.39 is 5.97 Å². The molecule has 0 aliphatic rings. The zero-order valence-corrected chi connectivity index (χ0v) is 10.7. The number of hydrogen-bond acceptors (Lipinski definition) is 5. The van der Waals surface area contributed by atoms with Gasteiger partial charge in [-0.15, -0.1) is 0 Å². The molecule has 0 saturated carbocycles. The van der Waals surface area contributed by atoms with E-state index in [0.717, 1.165) is 6.26 Å². The van der Waals surface area contributed by atoms with E-state index in [0.29, 0.717) is 17.1 Å². The number of carbonyl (C=O) groups excluding carboxylic acids is 2. The van der Waals surface area contributed by atoms with Gasteiger partial charge in [0.1, 0.15) is 5.57 Å². The van der Waals surface area contributed by atoms with Gasteiger partial charge in [-0.05, 0) is 17.7 Å². The van der Waals surface area contributed by atoms with Crippen LogP contribution < -0.4 is 0 Å². The summed E-state index contributed by atoms with van der Waals surface area (Å²) >= 11 is 5.67. The van der Waals surface area contributed by atoms with Crippen LogP contribution in [-0.4, -0.2) is 31.8 Å². The molecule has 0 fully saturated rings.